The van der Waals surface area contributed by atoms with Gasteiger partial charge in [0, 0.05) is 29.7 Å². The van der Waals surface area contributed by atoms with Gasteiger partial charge in [0.15, 0.2) is 5.82 Å². The Kier molecular flexibility index (Phi) is 4.17. The number of terminal acetylenes is 1. The second kappa shape index (κ2) is 6.53. The van der Waals surface area contributed by atoms with Crippen LogP contribution in [-0.4, -0.2) is 24.9 Å². The van der Waals surface area contributed by atoms with Crippen LogP contribution in [0, 0.1) is 12.3 Å². The fourth-order valence-electron chi connectivity index (χ4n) is 2.84. The van der Waals surface area contributed by atoms with E-state index in [0.717, 1.165) is 32.5 Å². The van der Waals surface area contributed by atoms with Crippen molar-refractivity contribution in [2.45, 2.75) is 26.3 Å². The number of thiophene rings is 1. The minimum Gasteiger partial charge on any atom is -0.365 e. The van der Waals surface area contributed by atoms with Crippen LogP contribution >= 0.6 is 11.3 Å². The molecule has 0 radical (unpaired) electrons. The van der Waals surface area contributed by atoms with E-state index in [-0.39, 0.29) is 5.54 Å². The third kappa shape index (κ3) is 3.29. The highest BCUT2D eigenvalue weighted by atomic mass is 32.1. The van der Waals surface area contributed by atoms with Gasteiger partial charge >= 0.3 is 0 Å². The quantitative estimate of drug-likeness (QED) is 0.528. The van der Waals surface area contributed by atoms with E-state index in [9.17, 15) is 0 Å². The summed E-state index contributed by atoms with van der Waals surface area (Å²) >= 11 is 1.56. The van der Waals surface area contributed by atoms with Crippen LogP contribution in [0.3, 0.4) is 0 Å². The summed E-state index contributed by atoms with van der Waals surface area (Å²) in [5.74, 6) is 4.39. The Balaban J connectivity index is 1.94. The Labute approximate surface area is 162 Å². The molecule has 4 aromatic heterocycles. The lowest BCUT2D eigenvalue weighted by Crippen LogP contribution is -2.27. The largest absolute Gasteiger partial charge is 0.365 e. The molecular formula is C21H19N5S. The van der Waals surface area contributed by atoms with Gasteiger partial charge in [0.1, 0.15) is 17.2 Å². The molecule has 6 heteroatoms. The Bertz CT molecular complexity index is 1140. The lowest BCUT2D eigenvalue weighted by Gasteiger charge is -2.22. The van der Waals surface area contributed by atoms with Crippen molar-refractivity contribution in [2.24, 2.45) is 0 Å². The van der Waals surface area contributed by atoms with Crippen LogP contribution in [0.5, 0.6) is 0 Å². The third-order valence-electron chi connectivity index (χ3n) is 3.91. The zero-order chi connectivity index (χ0) is 19.0. The highest BCUT2D eigenvalue weighted by Gasteiger charge is 2.23. The number of anilines is 1. The Morgan fingerprint density at radius 3 is 2.63 bits per heavy atom. The maximum atomic E-state index is 5.81. The fourth-order valence-corrected chi connectivity index (χ4v) is 3.90. The van der Waals surface area contributed by atoms with Gasteiger partial charge in [-0.15, -0.1) is 17.8 Å². The molecule has 0 saturated heterocycles. The number of imidazole rings is 1. The van der Waals surface area contributed by atoms with Crippen molar-refractivity contribution in [3.05, 3.63) is 54.5 Å². The molecule has 0 amide bonds. The van der Waals surface area contributed by atoms with Gasteiger partial charge in [-0.3, -0.25) is 4.40 Å². The van der Waals surface area contributed by atoms with Crippen LogP contribution in [0.4, 0.5) is 5.82 Å². The molecule has 0 unspecified atom stereocenters. The molecule has 27 heavy (non-hydrogen) atoms. The molecule has 0 atom stereocenters. The molecule has 0 fully saturated rings. The van der Waals surface area contributed by atoms with E-state index in [2.05, 4.69) is 46.4 Å². The number of hydrogen-bond acceptors (Lipinski definition) is 5. The van der Waals surface area contributed by atoms with Crippen molar-refractivity contribution in [1.82, 2.24) is 19.4 Å². The van der Waals surface area contributed by atoms with E-state index in [4.69, 9.17) is 11.4 Å². The van der Waals surface area contributed by atoms with Gasteiger partial charge in [-0.2, -0.15) is 0 Å². The van der Waals surface area contributed by atoms with Gasteiger partial charge in [0.25, 0.3) is 0 Å². The lowest BCUT2D eigenvalue weighted by atomic mass is 10.1. The van der Waals surface area contributed by atoms with Crippen LogP contribution in [0.25, 0.3) is 26.9 Å². The molecule has 4 rings (SSSR count). The molecule has 0 aliphatic carbocycles. The number of aromatic nitrogens is 4. The smallest absolute Gasteiger partial charge is 0.169 e. The first-order chi connectivity index (χ1) is 13.0. The minimum absolute atomic E-state index is 0.126. The number of nitrogens with zero attached hydrogens (tertiary/aromatic N) is 4. The molecule has 1 N–H and O–H groups in total. The number of fused-ring (bicyclic) bond motifs is 1. The maximum absolute atomic E-state index is 5.81. The summed E-state index contributed by atoms with van der Waals surface area (Å²) in [4.78, 5) is 15.4. The van der Waals surface area contributed by atoms with E-state index >= 15 is 0 Å². The van der Waals surface area contributed by atoms with E-state index in [1.807, 2.05) is 30.5 Å². The van der Waals surface area contributed by atoms with Gasteiger partial charge in [0.2, 0.25) is 0 Å². The Hall–Kier alpha value is -3.17. The number of rotatable bonds is 3. The van der Waals surface area contributed by atoms with Crippen LogP contribution in [0.2, 0.25) is 0 Å². The van der Waals surface area contributed by atoms with Crippen LogP contribution < -0.4 is 5.32 Å². The SMILES string of the molecule is C#Cc1cc(-c2ncccn2)sc1-c1nc2ccccn2c1NC(C)(C)C. The normalized spacial score (nSPS) is 11.5. The summed E-state index contributed by atoms with van der Waals surface area (Å²) in [6.45, 7) is 6.37. The highest BCUT2D eigenvalue weighted by molar-refractivity contribution is 7.19. The Morgan fingerprint density at radius 2 is 1.93 bits per heavy atom. The Morgan fingerprint density at radius 1 is 1.15 bits per heavy atom. The van der Waals surface area contributed by atoms with Gasteiger partial charge in [-0.05, 0) is 45.0 Å². The molecule has 4 heterocycles. The standard InChI is InChI=1S/C21H19N5S/c1-5-14-13-15(19-22-10-8-11-23-19)27-18(14)17-20(25-21(2,3)4)26-12-7-6-9-16(26)24-17/h1,6-13,25H,2-4H3. The van der Waals surface area contributed by atoms with Gasteiger partial charge < -0.3 is 5.32 Å². The first-order valence-electron chi connectivity index (χ1n) is 8.60. The molecule has 0 saturated carbocycles. The zero-order valence-corrected chi connectivity index (χ0v) is 16.2. The van der Waals surface area contributed by atoms with Crippen molar-refractivity contribution >= 4 is 22.8 Å². The summed E-state index contributed by atoms with van der Waals surface area (Å²) in [5, 5.41) is 3.58. The van der Waals surface area contributed by atoms with E-state index in [1.54, 1.807) is 29.8 Å². The number of pyridine rings is 1. The zero-order valence-electron chi connectivity index (χ0n) is 15.4. The molecule has 0 aliphatic heterocycles. The first kappa shape index (κ1) is 17.3. The van der Waals surface area contributed by atoms with Gasteiger partial charge in [0.05, 0.1) is 9.75 Å². The predicted octanol–water partition coefficient (Wildman–Crippen LogP) is 4.71. The number of nitrogens with one attached hydrogen (secondary N) is 1. The average Bonchev–Trinajstić information content (AvgIpc) is 3.23. The van der Waals surface area contributed by atoms with Gasteiger partial charge in [-0.1, -0.05) is 12.0 Å². The topological polar surface area (TPSA) is 55.1 Å². The summed E-state index contributed by atoms with van der Waals surface area (Å²) < 4.78 is 2.05. The summed E-state index contributed by atoms with van der Waals surface area (Å²) in [7, 11) is 0. The highest BCUT2D eigenvalue weighted by Crippen LogP contribution is 2.40. The van der Waals surface area contributed by atoms with Crippen molar-refractivity contribution in [2.75, 3.05) is 5.32 Å². The van der Waals surface area contributed by atoms with Crippen molar-refractivity contribution < 1.29 is 0 Å². The fraction of sp³-hybridized carbons (Fsp3) is 0.190. The molecule has 4 aromatic rings. The molecule has 5 nitrogen and oxygen atoms in total. The van der Waals surface area contributed by atoms with Crippen molar-refractivity contribution in [1.29, 1.82) is 0 Å². The first-order valence-corrected chi connectivity index (χ1v) is 9.41. The van der Waals surface area contributed by atoms with Gasteiger partial charge in [-0.25, -0.2) is 15.0 Å². The summed E-state index contributed by atoms with van der Waals surface area (Å²) in [5.41, 5.74) is 2.38. The number of hydrogen-bond donors (Lipinski definition) is 1. The maximum Gasteiger partial charge on any atom is 0.169 e. The summed E-state index contributed by atoms with van der Waals surface area (Å²) in [6, 6.07) is 9.72. The van der Waals surface area contributed by atoms with E-state index < -0.39 is 0 Å². The van der Waals surface area contributed by atoms with Crippen molar-refractivity contribution in [3.8, 4) is 33.6 Å². The molecule has 0 aliphatic rings. The lowest BCUT2D eigenvalue weighted by molar-refractivity contribution is 0.629. The monoisotopic (exact) mass is 373 g/mol. The second-order valence-electron chi connectivity index (χ2n) is 7.18. The molecule has 0 bridgehead atoms. The van der Waals surface area contributed by atoms with E-state index in [0.29, 0.717) is 5.82 Å². The third-order valence-corrected chi connectivity index (χ3v) is 5.05. The predicted molar refractivity (Wildman–Crippen MR) is 111 cm³/mol. The van der Waals surface area contributed by atoms with Crippen LogP contribution in [-0.2, 0) is 0 Å². The molecule has 0 aromatic carbocycles. The molecule has 0 spiro atoms. The second-order valence-corrected chi connectivity index (χ2v) is 8.24. The van der Waals surface area contributed by atoms with E-state index in [1.165, 1.54) is 0 Å². The van der Waals surface area contributed by atoms with Crippen molar-refractivity contribution in [3.63, 3.8) is 0 Å². The molecule has 134 valence electrons. The average molecular weight is 373 g/mol. The molecular weight excluding hydrogens is 354 g/mol. The minimum atomic E-state index is -0.126. The summed E-state index contributed by atoms with van der Waals surface area (Å²) in [6.07, 6.45) is 11.3. The van der Waals surface area contributed by atoms with Crippen LogP contribution in [0.1, 0.15) is 26.3 Å². The van der Waals surface area contributed by atoms with Crippen LogP contribution in [0.15, 0.2) is 48.9 Å².